The number of nitrogens with one attached hydrogen (secondary N) is 2. The summed E-state index contributed by atoms with van der Waals surface area (Å²) in [5.74, 6) is -3.03. The van der Waals surface area contributed by atoms with Gasteiger partial charge in [-0.15, -0.1) is 0 Å². The van der Waals surface area contributed by atoms with Crippen molar-refractivity contribution < 1.29 is 24.2 Å². The molecular formula is C24H35N3O5SSi. The second-order valence-corrected chi connectivity index (χ2v) is 16.1. The van der Waals surface area contributed by atoms with Crippen molar-refractivity contribution in [1.82, 2.24) is 10.7 Å². The first kappa shape index (κ1) is 26.1. The summed E-state index contributed by atoms with van der Waals surface area (Å²) in [4.78, 5) is 26.7. The number of carbonyl (C=O) groups excluding carboxylic acids is 2. The van der Waals surface area contributed by atoms with Crippen LogP contribution in [0.3, 0.4) is 0 Å². The summed E-state index contributed by atoms with van der Waals surface area (Å²) in [6.45, 7) is 9.21. The highest BCUT2D eigenvalue weighted by Gasteiger charge is 2.57. The number of phenols is 1. The Hall–Kier alpha value is -2.46. The van der Waals surface area contributed by atoms with Gasteiger partial charge in [0.1, 0.15) is 5.75 Å². The summed E-state index contributed by atoms with van der Waals surface area (Å²) in [5, 5.41) is 17.9. The molecule has 1 fully saturated rings. The molecule has 0 spiro atoms. The molecule has 4 atom stereocenters. The molecule has 1 aromatic carbocycles. The van der Waals surface area contributed by atoms with E-state index in [0.717, 1.165) is 17.2 Å². The van der Waals surface area contributed by atoms with E-state index in [1.54, 1.807) is 19.2 Å². The van der Waals surface area contributed by atoms with Gasteiger partial charge in [-0.05, 0) is 54.4 Å². The first-order chi connectivity index (χ1) is 16.1. The molecule has 2 bridgehead atoms. The van der Waals surface area contributed by atoms with Gasteiger partial charge < -0.3 is 19.9 Å². The van der Waals surface area contributed by atoms with Crippen molar-refractivity contribution in [3.05, 3.63) is 29.3 Å². The third-order valence-corrected chi connectivity index (χ3v) is 8.39. The maximum Gasteiger partial charge on any atom is 0.310 e. The molecule has 0 heterocycles. The monoisotopic (exact) mass is 505 g/mol. The van der Waals surface area contributed by atoms with Gasteiger partial charge in [-0.25, -0.2) is 0 Å². The van der Waals surface area contributed by atoms with E-state index in [9.17, 15) is 14.7 Å². The second kappa shape index (κ2) is 10.9. The molecule has 1 saturated carbocycles. The fraction of sp³-hybridized carbons (Fsp3) is 0.583. The minimum Gasteiger partial charge on any atom is -0.508 e. The Morgan fingerprint density at radius 2 is 1.82 bits per heavy atom. The number of aromatic hydroxyl groups is 1. The summed E-state index contributed by atoms with van der Waals surface area (Å²) < 4.78 is 11.3. The Bertz CT molecular complexity index is 978. The molecule has 3 N–H and O–H groups in total. The highest BCUT2D eigenvalue weighted by atomic mass is 32.1. The van der Waals surface area contributed by atoms with Crippen LogP contribution in [0.5, 0.6) is 5.75 Å². The molecule has 186 valence electrons. The summed E-state index contributed by atoms with van der Waals surface area (Å²) in [6, 6.07) is 5.96. The van der Waals surface area contributed by atoms with Crippen LogP contribution in [0, 0.1) is 11.8 Å². The predicted molar refractivity (Wildman–Crippen MR) is 138 cm³/mol. The quantitative estimate of drug-likeness (QED) is 0.213. The number of fused-ring (bicyclic) bond motifs is 2. The summed E-state index contributed by atoms with van der Waals surface area (Å²) in [6.07, 6.45) is 1.15. The molecule has 4 rings (SSSR count). The van der Waals surface area contributed by atoms with Gasteiger partial charge in [0, 0.05) is 32.7 Å². The average molecular weight is 506 g/mol. The number of esters is 2. The van der Waals surface area contributed by atoms with Crippen LogP contribution in [0.25, 0.3) is 0 Å². The van der Waals surface area contributed by atoms with E-state index >= 15 is 0 Å². The van der Waals surface area contributed by atoms with Crippen LogP contribution in [0.15, 0.2) is 23.3 Å². The molecule has 34 heavy (non-hydrogen) atoms. The molecule has 10 heteroatoms. The molecule has 0 radical (unpaired) electrons. The highest BCUT2D eigenvalue weighted by Crippen LogP contribution is 2.55. The van der Waals surface area contributed by atoms with Crippen LogP contribution in [0.4, 0.5) is 0 Å². The molecule has 8 nitrogen and oxygen atoms in total. The highest BCUT2D eigenvalue weighted by molar-refractivity contribution is 7.80. The lowest BCUT2D eigenvalue weighted by Crippen LogP contribution is -2.51. The standard InChI is InChI=1S/C24H35N3O5SSi/c1-6-9-31-23(30)21-19-16-12-14(28)7-8-15(16)17(13-18(19)26-27-24(33)25-2)20(21)22(29)32-10-11-34(3,4)5/h7-8,12,17,19-21,28H,6,9-11,13H2,1-5H3,(H2,25,27,33)/b26-18+/t17?,19-,20-,21-/m1/s1. The number of phenolic OH excluding ortho intramolecular Hbond substituents is 1. The molecule has 1 aromatic rings. The van der Waals surface area contributed by atoms with Gasteiger partial charge in [-0.3, -0.25) is 15.0 Å². The molecule has 3 aliphatic carbocycles. The lowest BCUT2D eigenvalue weighted by atomic mass is 9.55. The molecule has 0 aliphatic heterocycles. The average Bonchev–Trinajstić information content (AvgIpc) is 2.79. The van der Waals surface area contributed by atoms with Gasteiger partial charge in [0.15, 0.2) is 5.11 Å². The van der Waals surface area contributed by atoms with Crippen molar-refractivity contribution >= 4 is 43.1 Å². The first-order valence-electron chi connectivity index (χ1n) is 11.8. The Morgan fingerprint density at radius 3 is 2.47 bits per heavy atom. The van der Waals surface area contributed by atoms with Crippen molar-refractivity contribution in [2.24, 2.45) is 16.9 Å². The summed E-state index contributed by atoms with van der Waals surface area (Å²) in [5.41, 5.74) is 5.23. The van der Waals surface area contributed by atoms with Crippen molar-refractivity contribution in [3.63, 3.8) is 0 Å². The number of ether oxygens (including phenoxy) is 2. The largest absolute Gasteiger partial charge is 0.508 e. The van der Waals surface area contributed by atoms with Crippen molar-refractivity contribution in [3.8, 4) is 5.75 Å². The van der Waals surface area contributed by atoms with Crippen LogP contribution >= 0.6 is 12.2 Å². The van der Waals surface area contributed by atoms with Crippen molar-refractivity contribution in [1.29, 1.82) is 0 Å². The van der Waals surface area contributed by atoms with E-state index in [1.807, 2.05) is 13.0 Å². The third kappa shape index (κ3) is 5.78. The van der Waals surface area contributed by atoms with Crippen molar-refractivity contribution in [2.75, 3.05) is 20.3 Å². The topological polar surface area (TPSA) is 109 Å². The van der Waals surface area contributed by atoms with Crippen molar-refractivity contribution in [2.45, 2.75) is 57.3 Å². The molecular weight excluding hydrogens is 470 g/mol. The third-order valence-electron chi connectivity index (χ3n) is 6.39. The smallest absolute Gasteiger partial charge is 0.310 e. The lowest BCUT2D eigenvalue weighted by Gasteiger charge is -2.47. The van der Waals surface area contributed by atoms with E-state index in [-0.39, 0.29) is 24.2 Å². The zero-order valence-electron chi connectivity index (χ0n) is 20.5. The molecule has 3 aliphatic rings. The zero-order chi connectivity index (χ0) is 25.0. The van der Waals surface area contributed by atoms with E-state index in [4.69, 9.17) is 21.7 Å². The molecule has 0 aromatic heterocycles. The molecule has 1 unspecified atom stereocenters. The number of carbonyl (C=O) groups is 2. The zero-order valence-corrected chi connectivity index (χ0v) is 22.3. The van der Waals surface area contributed by atoms with E-state index < -0.39 is 31.8 Å². The normalized spacial score (nSPS) is 24.3. The second-order valence-electron chi connectivity index (χ2n) is 10.1. The Labute approximate surface area is 207 Å². The predicted octanol–water partition coefficient (Wildman–Crippen LogP) is 3.49. The van der Waals surface area contributed by atoms with E-state index in [2.05, 4.69) is 35.5 Å². The summed E-state index contributed by atoms with van der Waals surface area (Å²) >= 11 is 5.16. The Kier molecular flexibility index (Phi) is 8.35. The minimum atomic E-state index is -1.39. The maximum absolute atomic E-state index is 13.4. The van der Waals surface area contributed by atoms with Crippen LogP contribution in [0.2, 0.25) is 25.7 Å². The number of nitrogens with zero attached hydrogens (tertiary/aromatic N) is 1. The molecule has 0 saturated heterocycles. The Balaban J connectivity index is 2.02. The SMILES string of the molecule is CCCOC(=O)[C@H]1[C@H](C(=O)OCC[Si](C)(C)C)C2C/C(=N\NC(=S)NC)[C@H]1c1cc(O)ccc12. The number of rotatable bonds is 8. The fourth-order valence-electron chi connectivity index (χ4n) is 4.73. The number of thiocarbonyl (C=S) groups is 1. The van der Waals surface area contributed by atoms with Gasteiger partial charge in [-0.2, -0.15) is 5.10 Å². The van der Waals surface area contributed by atoms with Crippen LogP contribution in [-0.2, 0) is 19.1 Å². The van der Waals surface area contributed by atoms with E-state index in [0.29, 0.717) is 30.3 Å². The number of hydrogen-bond donors (Lipinski definition) is 3. The van der Waals surface area contributed by atoms with Gasteiger partial charge in [0.05, 0.1) is 25.0 Å². The maximum atomic E-state index is 13.4. The lowest BCUT2D eigenvalue weighted by molar-refractivity contribution is -0.163. The van der Waals surface area contributed by atoms with Gasteiger partial charge in [-0.1, -0.05) is 32.6 Å². The molecule has 0 amide bonds. The number of benzene rings is 1. The number of hydrazone groups is 1. The Morgan fingerprint density at radius 1 is 1.15 bits per heavy atom. The van der Waals surface area contributed by atoms with Crippen LogP contribution < -0.4 is 10.7 Å². The minimum absolute atomic E-state index is 0.0966. The fourth-order valence-corrected chi connectivity index (χ4v) is 5.49. The summed E-state index contributed by atoms with van der Waals surface area (Å²) in [7, 11) is 0.299. The van der Waals surface area contributed by atoms with Gasteiger partial charge in [0.2, 0.25) is 0 Å². The van der Waals surface area contributed by atoms with Crippen LogP contribution in [0.1, 0.15) is 42.7 Å². The van der Waals surface area contributed by atoms with E-state index in [1.165, 1.54) is 0 Å². The first-order valence-corrected chi connectivity index (χ1v) is 15.9. The van der Waals surface area contributed by atoms with Gasteiger partial charge in [0.25, 0.3) is 0 Å². The van der Waals surface area contributed by atoms with Gasteiger partial charge >= 0.3 is 11.9 Å². The number of hydrogen-bond acceptors (Lipinski definition) is 7. The van der Waals surface area contributed by atoms with Crippen LogP contribution in [-0.4, -0.2) is 56.2 Å².